The quantitative estimate of drug-likeness (QED) is 0.444. The Bertz CT molecular complexity index is 727. The second kappa shape index (κ2) is 6.33. The number of hydrazine groups is 1. The molecule has 0 aliphatic heterocycles. The van der Waals surface area contributed by atoms with Crippen LogP contribution < -0.4 is 15.9 Å². The SMILES string of the molecule is COc1ccc2ccccc2c1/C=N/N=C(\N)N[N+](=O)O. The first kappa shape index (κ1) is 14.3. The molecule has 0 heterocycles. The summed E-state index contributed by atoms with van der Waals surface area (Å²) in [5, 5.41) is 17.1. The zero-order valence-corrected chi connectivity index (χ0v) is 11.2. The molecule has 0 amide bonds. The van der Waals surface area contributed by atoms with Crippen molar-refractivity contribution in [3.8, 4) is 5.75 Å². The average Bonchev–Trinajstić information content (AvgIpc) is 2.46. The van der Waals surface area contributed by atoms with E-state index in [1.165, 1.54) is 6.21 Å². The van der Waals surface area contributed by atoms with Gasteiger partial charge in [-0.1, -0.05) is 30.3 Å². The number of fused-ring (bicyclic) bond motifs is 1. The molecule has 0 saturated carbocycles. The molecule has 0 unspecified atom stereocenters. The van der Waals surface area contributed by atoms with E-state index in [9.17, 15) is 4.91 Å². The fourth-order valence-electron chi connectivity index (χ4n) is 1.86. The van der Waals surface area contributed by atoms with E-state index in [2.05, 4.69) is 10.2 Å². The molecule has 0 aliphatic carbocycles. The van der Waals surface area contributed by atoms with Crippen LogP contribution in [0.1, 0.15) is 5.56 Å². The molecule has 8 heteroatoms. The van der Waals surface area contributed by atoms with Gasteiger partial charge in [0.2, 0.25) is 0 Å². The number of ether oxygens (including phenoxy) is 1. The molecular weight excluding hydrogens is 274 g/mol. The minimum absolute atomic E-state index is 0.344. The van der Waals surface area contributed by atoms with Crippen LogP contribution in [0.2, 0.25) is 0 Å². The Morgan fingerprint density at radius 2 is 2.14 bits per heavy atom. The lowest BCUT2D eigenvalue weighted by atomic mass is 10.0. The summed E-state index contributed by atoms with van der Waals surface area (Å²) in [4.78, 5) is 10.3. The number of hydrogen-bond acceptors (Lipinski definition) is 4. The molecule has 108 valence electrons. The number of methoxy groups -OCH3 is 1. The van der Waals surface area contributed by atoms with E-state index in [0.717, 1.165) is 16.3 Å². The number of nitrogens with zero attached hydrogens (tertiary/aromatic N) is 3. The van der Waals surface area contributed by atoms with Crippen LogP contribution in [0.4, 0.5) is 0 Å². The van der Waals surface area contributed by atoms with Gasteiger partial charge in [0.25, 0.3) is 5.96 Å². The molecule has 0 atom stereocenters. The van der Waals surface area contributed by atoms with Crippen LogP contribution in [0.3, 0.4) is 0 Å². The number of nitrogens with one attached hydrogen (secondary N) is 1. The smallest absolute Gasteiger partial charge is 0.362 e. The Labute approximate surface area is 120 Å². The maximum Gasteiger partial charge on any atom is 0.362 e. The third-order valence-corrected chi connectivity index (χ3v) is 2.71. The Morgan fingerprint density at radius 1 is 1.38 bits per heavy atom. The Hall–Kier alpha value is -3.16. The largest absolute Gasteiger partial charge is 0.496 e. The lowest BCUT2D eigenvalue weighted by Gasteiger charge is -2.07. The van der Waals surface area contributed by atoms with Crippen LogP contribution in [0, 0.1) is 4.91 Å². The van der Waals surface area contributed by atoms with E-state index >= 15 is 0 Å². The monoisotopic (exact) mass is 288 g/mol. The molecule has 0 fully saturated rings. The number of nitrogens with two attached hydrogens (primary N) is 1. The van der Waals surface area contributed by atoms with Crippen LogP contribution in [-0.2, 0) is 0 Å². The fourth-order valence-corrected chi connectivity index (χ4v) is 1.86. The Morgan fingerprint density at radius 3 is 2.86 bits per heavy atom. The van der Waals surface area contributed by atoms with Gasteiger partial charge in [0.05, 0.1) is 13.3 Å². The molecule has 0 aliphatic rings. The highest BCUT2D eigenvalue weighted by molar-refractivity contribution is 6.02. The van der Waals surface area contributed by atoms with Crippen molar-refractivity contribution < 1.29 is 15.0 Å². The van der Waals surface area contributed by atoms with E-state index in [1.54, 1.807) is 7.11 Å². The van der Waals surface area contributed by atoms with Crippen LogP contribution in [-0.4, -0.2) is 29.5 Å². The van der Waals surface area contributed by atoms with Gasteiger partial charge in [-0.25, -0.2) is 5.21 Å². The zero-order chi connectivity index (χ0) is 15.2. The fraction of sp³-hybridized carbons (Fsp3) is 0.0769. The maximum atomic E-state index is 10.3. The van der Waals surface area contributed by atoms with Gasteiger partial charge in [-0.05, 0) is 22.3 Å². The first-order chi connectivity index (χ1) is 10.1. The van der Waals surface area contributed by atoms with Gasteiger partial charge in [-0.15, -0.1) is 5.10 Å². The highest BCUT2D eigenvalue weighted by Crippen LogP contribution is 2.26. The summed E-state index contributed by atoms with van der Waals surface area (Å²) in [6.45, 7) is 0. The number of guanidine groups is 1. The summed E-state index contributed by atoms with van der Waals surface area (Å²) in [6.07, 6.45) is 1.46. The van der Waals surface area contributed by atoms with Crippen molar-refractivity contribution in [1.82, 2.24) is 5.43 Å². The third kappa shape index (κ3) is 3.44. The van der Waals surface area contributed by atoms with Crippen molar-refractivity contribution in [2.45, 2.75) is 0 Å². The molecule has 0 radical (unpaired) electrons. The second-order valence-corrected chi connectivity index (χ2v) is 4.02. The molecule has 2 aromatic rings. The van der Waals surface area contributed by atoms with Gasteiger partial charge >= 0.3 is 5.03 Å². The van der Waals surface area contributed by atoms with Crippen molar-refractivity contribution >= 4 is 22.9 Å². The predicted molar refractivity (Wildman–Crippen MR) is 78.3 cm³/mol. The van der Waals surface area contributed by atoms with Gasteiger partial charge in [-0.2, -0.15) is 5.10 Å². The van der Waals surface area contributed by atoms with Gasteiger partial charge in [0.15, 0.2) is 0 Å². The molecule has 2 rings (SSSR count). The molecule has 8 nitrogen and oxygen atoms in total. The highest BCUT2D eigenvalue weighted by Gasteiger charge is 2.06. The van der Waals surface area contributed by atoms with Crippen LogP contribution >= 0.6 is 0 Å². The summed E-state index contributed by atoms with van der Waals surface area (Å²) >= 11 is 0. The zero-order valence-electron chi connectivity index (χ0n) is 11.2. The third-order valence-electron chi connectivity index (χ3n) is 2.71. The summed E-state index contributed by atoms with van der Waals surface area (Å²) in [5.41, 5.74) is 7.86. The maximum absolute atomic E-state index is 10.3. The predicted octanol–water partition coefficient (Wildman–Crippen LogP) is 1.17. The van der Waals surface area contributed by atoms with Gasteiger partial charge in [0, 0.05) is 5.56 Å². The van der Waals surface area contributed by atoms with Crippen molar-refractivity contribution in [2.75, 3.05) is 7.11 Å². The minimum atomic E-state index is -0.563. The van der Waals surface area contributed by atoms with Crippen molar-refractivity contribution in [2.24, 2.45) is 15.9 Å². The lowest BCUT2D eigenvalue weighted by molar-refractivity contribution is -0.822. The Kier molecular flexibility index (Phi) is 4.30. The Balaban J connectivity index is 2.38. The van der Waals surface area contributed by atoms with Crippen molar-refractivity contribution in [3.05, 3.63) is 46.9 Å². The standard InChI is InChI=1S/C13H14N5O3/c1-21-12-7-6-9-4-2-3-5-10(9)11(12)8-15-16-13(14)17-18(19)20/h2-8H,1H3,(H,19,20)(H3,14,16,17)/q+1/b15-8+. The van der Waals surface area contributed by atoms with E-state index in [0.29, 0.717) is 5.75 Å². The normalized spacial score (nSPS) is 11.8. The highest BCUT2D eigenvalue weighted by atomic mass is 16.7. The lowest BCUT2D eigenvalue weighted by Crippen LogP contribution is -2.36. The van der Waals surface area contributed by atoms with Crippen molar-refractivity contribution in [1.29, 1.82) is 0 Å². The van der Waals surface area contributed by atoms with Gasteiger partial charge < -0.3 is 10.5 Å². The van der Waals surface area contributed by atoms with E-state index < -0.39 is 5.03 Å². The molecule has 21 heavy (non-hydrogen) atoms. The van der Waals surface area contributed by atoms with Crippen LogP contribution in [0.5, 0.6) is 5.75 Å². The van der Waals surface area contributed by atoms with Crippen LogP contribution in [0.15, 0.2) is 46.6 Å². The van der Waals surface area contributed by atoms with Gasteiger partial charge in [0.1, 0.15) is 10.7 Å². The van der Waals surface area contributed by atoms with Crippen LogP contribution in [0.25, 0.3) is 10.8 Å². The first-order valence-corrected chi connectivity index (χ1v) is 5.97. The second-order valence-electron chi connectivity index (χ2n) is 4.02. The summed E-state index contributed by atoms with van der Waals surface area (Å²) in [6, 6.07) is 11.5. The summed E-state index contributed by atoms with van der Waals surface area (Å²) in [5.74, 6) is 0.287. The molecule has 0 bridgehead atoms. The van der Waals surface area contributed by atoms with E-state index in [4.69, 9.17) is 15.7 Å². The molecule has 0 aromatic heterocycles. The first-order valence-electron chi connectivity index (χ1n) is 5.97. The van der Waals surface area contributed by atoms with Gasteiger partial charge in [-0.3, -0.25) is 0 Å². The van der Waals surface area contributed by atoms with E-state index in [-0.39, 0.29) is 5.96 Å². The molecule has 0 saturated heterocycles. The molecule has 4 N–H and O–H groups in total. The average molecular weight is 288 g/mol. The summed E-state index contributed by atoms with van der Waals surface area (Å²) < 4.78 is 5.29. The van der Waals surface area contributed by atoms with Crippen molar-refractivity contribution in [3.63, 3.8) is 0 Å². The topological polar surface area (TPSA) is 112 Å². The number of benzene rings is 2. The molecule has 0 spiro atoms. The number of hydrogen-bond donors (Lipinski definition) is 3. The van der Waals surface area contributed by atoms with E-state index in [1.807, 2.05) is 41.8 Å². The minimum Gasteiger partial charge on any atom is -0.496 e. The molecular formula is C13H14N5O3+. The number of rotatable bonds is 4. The summed E-state index contributed by atoms with van der Waals surface area (Å²) in [7, 11) is 1.56. The molecule has 2 aromatic carbocycles.